The second-order valence-corrected chi connectivity index (χ2v) is 4.41. The van der Waals surface area contributed by atoms with Crippen molar-refractivity contribution in [2.24, 2.45) is 7.05 Å². The smallest absolute Gasteiger partial charge is 0.249 e. The molecule has 1 amide bonds. The van der Waals surface area contributed by atoms with Gasteiger partial charge in [0.2, 0.25) is 5.91 Å². The zero-order valence-corrected chi connectivity index (χ0v) is 10.2. The zero-order chi connectivity index (χ0) is 11.9. The molecule has 0 fully saturated rings. The van der Waals surface area contributed by atoms with Crippen molar-refractivity contribution in [3.8, 4) is 0 Å². The number of amides is 1. The van der Waals surface area contributed by atoms with Crippen molar-refractivity contribution in [3.63, 3.8) is 0 Å². The maximum absolute atomic E-state index is 12.0. The molecule has 88 valence electrons. The van der Waals surface area contributed by atoms with Crippen molar-refractivity contribution in [2.45, 2.75) is 39.2 Å². The molecule has 5 nitrogen and oxygen atoms in total. The van der Waals surface area contributed by atoms with E-state index in [-0.39, 0.29) is 5.91 Å². The van der Waals surface area contributed by atoms with E-state index in [0.29, 0.717) is 0 Å². The lowest BCUT2D eigenvalue weighted by Crippen LogP contribution is -2.50. The lowest BCUT2D eigenvalue weighted by Gasteiger charge is -2.33. The molecule has 0 spiro atoms. The highest BCUT2D eigenvalue weighted by Gasteiger charge is 2.38. The quantitative estimate of drug-likeness (QED) is 0.797. The van der Waals surface area contributed by atoms with Crippen molar-refractivity contribution < 1.29 is 4.79 Å². The third-order valence-electron chi connectivity index (χ3n) is 3.30. The Morgan fingerprint density at radius 3 is 2.69 bits per heavy atom. The minimum atomic E-state index is -0.536. The first-order chi connectivity index (χ1) is 7.51. The van der Waals surface area contributed by atoms with Gasteiger partial charge in [0.25, 0.3) is 0 Å². The molecule has 1 unspecified atom stereocenters. The minimum Gasteiger partial charge on any atom is -0.355 e. The van der Waals surface area contributed by atoms with Gasteiger partial charge in [0.1, 0.15) is 17.0 Å². The van der Waals surface area contributed by atoms with Crippen molar-refractivity contribution in [2.75, 3.05) is 10.6 Å². The molecule has 2 rings (SSSR count). The average Bonchev–Trinajstić information content (AvgIpc) is 2.56. The lowest BCUT2D eigenvalue weighted by molar-refractivity contribution is -0.120. The number of carbonyl (C=O) groups is 1. The third kappa shape index (κ3) is 1.38. The second-order valence-electron chi connectivity index (χ2n) is 4.41. The second kappa shape index (κ2) is 3.50. The van der Waals surface area contributed by atoms with E-state index >= 15 is 0 Å². The molecular formula is C11H18N4O. The molecule has 2 heterocycles. The number of anilines is 2. The molecule has 0 aliphatic carbocycles. The van der Waals surface area contributed by atoms with Crippen LogP contribution in [-0.4, -0.2) is 21.2 Å². The highest BCUT2D eigenvalue weighted by molar-refractivity contribution is 6.05. The van der Waals surface area contributed by atoms with E-state index in [2.05, 4.69) is 15.7 Å². The number of hydrogen-bond donors (Lipinski definition) is 2. The summed E-state index contributed by atoms with van der Waals surface area (Å²) < 4.78 is 1.79. The van der Waals surface area contributed by atoms with Crippen LogP contribution in [0.1, 0.15) is 32.9 Å². The largest absolute Gasteiger partial charge is 0.355 e. The van der Waals surface area contributed by atoms with Gasteiger partial charge in [0.15, 0.2) is 0 Å². The summed E-state index contributed by atoms with van der Waals surface area (Å²) in [7, 11) is 1.89. The molecule has 1 aliphatic heterocycles. The van der Waals surface area contributed by atoms with Gasteiger partial charge in [-0.15, -0.1) is 0 Å². The average molecular weight is 222 g/mol. The number of hydrogen-bond acceptors (Lipinski definition) is 3. The van der Waals surface area contributed by atoms with E-state index in [1.807, 2.05) is 27.8 Å². The van der Waals surface area contributed by atoms with Crippen LogP contribution in [0.3, 0.4) is 0 Å². The molecule has 0 bridgehead atoms. The summed E-state index contributed by atoms with van der Waals surface area (Å²) in [5.74, 6) is 0.922. The van der Waals surface area contributed by atoms with Crippen LogP contribution in [0, 0.1) is 0 Å². The highest BCUT2D eigenvalue weighted by atomic mass is 16.2. The Morgan fingerprint density at radius 1 is 1.44 bits per heavy atom. The monoisotopic (exact) mass is 222 g/mol. The Hall–Kier alpha value is -1.52. The lowest BCUT2D eigenvalue weighted by atomic mass is 9.95. The van der Waals surface area contributed by atoms with Gasteiger partial charge < -0.3 is 10.6 Å². The summed E-state index contributed by atoms with van der Waals surface area (Å²) in [6.45, 7) is 5.93. The Morgan fingerprint density at radius 2 is 2.12 bits per heavy atom. The van der Waals surface area contributed by atoms with Crippen molar-refractivity contribution in [1.29, 1.82) is 0 Å². The molecule has 0 saturated carbocycles. The van der Waals surface area contributed by atoms with Gasteiger partial charge in [-0.25, -0.2) is 0 Å². The number of nitrogens with one attached hydrogen (secondary N) is 2. The fraction of sp³-hybridized carbons (Fsp3) is 0.636. The molecule has 5 heteroatoms. The Bertz CT molecular complexity index is 437. The standard InChI is InChI=1S/C11H18N4O/c1-5-7-8-9(15(4)14-7)13-11(3,6-2)10(16)12-8/h13H,5-6H2,1-4H3,(H,12,16). The summed E-state index contributed by atoms with van der Waals surface area (Å²) >= 11 is 0. The van der Waals surface area contributed by atoms with Crippen molar-refractivity contribution in [1.82, 2.24) is 9.78 Å². The van der Waals surface area contributed by atoms with Crippen LogP contribution in [0.4, 0.5) is 11.5 Å². The van der Waals surface area contributed by atoms with Crippen LogP contribution in [-0.2, 0) is 18.3 Å². The maximum Gasteiger partial charge on any atom is 0.249 e. The van der Waals surface area contributed by atoms with E-state index in [0.717, 1.165) is 30.0 Å². The third-order valence-corrected chi connectivity index (χ3v) is 3.30. The summed E-state index contributed by atoms with van der Waals surface area (Å²) in [4.78, 5) is 12.0. The number of fused-ring (bicyclic) bond motifs is 1. The van der Waals surface area contributed by atoms with Gasteiger partial charge in [-0.1, -0.05) is 13.8 Å². The van der Waals surface area contributed by atoms with Gasteiger partial charge in [-0.05, 0) is 19.8 Å². The zero-order valence-electron chi connectivity index (χ0n) is 10.2. The Labute approximate surface area is 95.2 Å². The van der Waals surface area contributed by atoms with E-state index in [9.17, 15) is 4.79 Å². The molecule has 1 atom stereocenters. The molecule has 2 N–H and O–H groups in total. The fourth-order valence-electron chi connectivity index (χ4n) is 1.92. The topological polar surface area (TPSA) is 59.0 Å². The number of rotatable bonds is 2. The SMILES string of the molecule is CCc1nn(C)c2c1NC(=O)C(C)(CC)N2. The van der Waals surface area contributed by atoms with E-state index in [1.54, 1.807) is 4.68 Å². The number of aromatic nitrogens is 2. The maximum atomic E-state index is 12.0. The molecular weight excluding hydrogens is 204 g/mol. The van der Waals surface area contributed by atoms with Crippen LogP contribution in [0.2, 0.25) is 0 Å². The van der Waals surface area contributed by atoms with Crippen LogP contribution in [0.25, 0.3) is 0 Å². The molecule has 0 aromatic carbocycles. The molecule has 1 aromatic heterocycles. The summed E-state index contributed by atoms with van der Waals surface area (Å²) in [6.07, 6.45) is 1.55. The molecule has 0 saturated heterocycles. The van der Waals surface area contributed by atoms with Gasteiger partial charge >= 0.3 is 0 Å². The predicted octanol–water partition coefficient (Wildman–Crippen LogP) is 1.52. The predicted molar refractivity (Wildman–Crippen MR) is 63.5 cm³/mol. The molecule has 1 aliphatic rings. The first kappa shape index (κ1) is 11.0. The normalized spacial score (nSPS) is 23.6. The van der Waals surface area contributed by atoms with Gasteiger partial charge in [0, 0.05) is 7.05 Å². The fourth-order valence-corrected chi connectivity index (χ4v) is 1.92. The number of aryl methyl sites for hydroxylation is 2. The first-order valence-corrected chi connectivity index (χ1v) is 5.67. The molecule has 0 radical (unpaired) electrons. The van der Waals surface area contributed by atoms with E-state index < -0.39 is 5.54 Å². The summed E-state index contributed by atoms with van der Waals surface area (Å²) in [5, 5.41) is 10.6. The highest BCUT2D eigenvalue weighted by Crippen LogP contribution is 2.34. The van der Waals surface area contributed by atoms with E-state index in [4.69, 9.17) is 0 Å². The molecule has 1 aromatic rings. The van der Waals surface area contributed by atoms with Crippen molar-refractivity contribution in [3.05, 3.63) is 5.69 Å². The number of carbonyl (C=O) groups excluding carboxylic acids is 1. The summed E-state index contributed by atoms with van der Waals surface area (Å²) in [5.41, 5.74) is 1.23. The minimum absolute atomic E-state index is 0.0187. The van der Waals surface area contributed by atoms with Crippen LogP contribution >= 0.6 is 0 Å². The van der Waals surface area contributed by atoms with Gasteiger partial charge in [-0.2, -0.15) is 5.10 Å². The Balaban J connectivity index is 2.48. The number of nitrogens with zero attached hydrogens (tertiary/aromatic N) is 2. The van der Waals surface area contributed by atoms with Gasteiger partial charge in [-0.3, -0.25) is 9.48 Å². The Kier molecular flexibility index (Phi) is 2.40. The van der Waals surface area contributed by atoms with Crippen LogP contribution in [0.15, 0.2) is 0 Å². The first-order valence-electron chi connectivity index (χ1n) is 5.67. The van der Waals surface area contributed by atoms with Crippen LogP contribution in [0.5, 0.6) is 0 Å². The van der Waals surface area contributed by atoms with Crippen molar-refractivity contribution >= 4 is 17.4 Å². The van der Waals surface area contributed by atoms with Gasteiger partial charge in [0.05, 0.1) is 5.69 Å². The molecule has 16 heavy (non-hydrogen) atoms. The van der Waals surface area contributed by atoms with E-state index in [1.165, 1.54) is 0 Å². The van der Waals surface area contributed by atoms with Crippen LogP contribution < -0.4 is 10.6 Å². The summed E-state index contributed by atoms with van der Waals surface area (Å²) in [6, 6.07) is 0.